The van der Waals surface area contributed by atoms with Crippen molar-refractivity contribution >= 4 is 6.41 Å². The highest BCUT2D eigenvalue weighted by molar-refractivity contribution is 5.48. The van der Waals surface area contributed by atoms with E-state index in [-0.39, 0.29) is 0 Å². The van der Waals surface area contributed by atoms with Crippen molar-refractivity contribution < 1.29 is 4.79 Å². The minimum Gasteiger partial charge on any atom is -0.340 e. The zero-order chi connectivity index (χ0) is 8.43. The smallest absolute Gasteiger partial charge is 0.210 e. The van der Waals surface area contributed by atoms with Gasteiger partial charge in [-0.1, -0.05) is 0 Å². The van der Waals surface area contributed by atoms with Crippen LogP contribution in [0.1, 0.15) is 13.8 Å². The molecule has 0 radical (unpaired) electrons. The number of carbonyl (C=O) groups is 1. The molecule has 0 unspecified atom stereocenters. The van der Waals surface area contributed by atoms with E-state index in [0.717, 1.165) is 19.5 Å². The Morgan fingerprint density at radius 2 is 1.91 bits per heavy atom. The maximum absolute atomic E-state index is 10.5. The van der Waals surface area contributed by atoms with Gasteiger partial charge in [0, 0.05) is 25.2 Å². The van der Waals surface area contributed by atoms with E-state index in [1.807, 2.05) is 4.90 Å². The van der Waals surface area contributed by atoms with Crippen LogP contribution >= 0.6 is 0 Å². The van der Waals surface area contributed by atoms with Gasteiger partial charge >= 0.3 is 0 Å². The van der Waals surface area contributed by atoms with E-state index in [9.17, 15) is 4.79 Å². The van der Waals surface area contributed by atoms with Crippen molar-refractivity contribution in [2.45, 2.75) is 25.9 Å². The van der Waals surface area contributed by atoms with Crippen LogP contribution in [0.2, 0.25) is 0 Å². The van der Waals surface area contributed by atoms with Gasteiger partial charge in [-0.25, -0.2) is 0 Å². The lowest BCUT2D eigenvalue weighted by atomic mass is 10.1. The molecule has 1 saturated heterocycles. The molecule has 0 aromatic carbocycles. The van der Waals surface area contributed by atoms with Crippen molar-refractivity contribution in [1.82, 2.24) is 9.80 Å². The van der Waals surface area contributed by atoms with Gasteiger partial charge in [0.2, 0.25) is 6.41 Å². The third-order valence-corrected chi connectivity index (χ3v) is 2.48. The molecule has 2 atom stereocenters. The Morgan fingerprint density at radius 1 is 1.27 bits per heavy atom. The van der Waals surface area contributed by atoms with E-state index < -0.39 is 0 Å². The maximum atomic E-state index is 10.5. The number of hydrogen-bond donors (Lipinski definition) is 0. The second-order valence-electron chi connectivity index (χ2n) is 3.44. The van der Waals surface area contributed by atoms with Crippen molar-refractivity contribution in [1.29, 1.82) is 0 Å². The second-order valence-corrected chi connectivity index (χ2v) is 3.44. The third kappa shape index (κ3) is 1.71. The molecular formula is C8H16N2O. The lowest BCUT2D eigenvalue weighted by Gasteiger charge is -2.40. The first-order valence-corrected chi connectivity index (χ1v) is 4.06. The molecule has 1 heterocycles. The highest BCUT2D eigenvalue weighted by Gasteiger charge is 2.24. The quantitative estimate of drug-likeness (QED) is 0.505. The number of carbonyl (C=O) groups excluding carboxylic acids is 1. The summed E-state index contributed by atoms with van der Waals surface area (Å²) >= 11 is 0. The Bertz CT molecular complexity index is 149. The molecule has 0 N–H and O–H groups in total. The van der Waals surface area contributed by atoms with Crippen LogP contribution < -0.4 is 0 Å². The standard InChI is InChI=1S/C8H16N2O/c1-7-5-10(6-11)8(2)4-9(7)3/h6-8H,4-5H2,1-3H3/t7-,8+/m1/s1. The zero-order valence-electron chi connectivity index (χ0n) is 7.45. The van der Waals surface area contributed by atoms with Crippen LogP contribution in [0, 0.1) is 0 Å². The summed E-state index contributed by atoms with van der Waals surface area (Å²) in [5.74, 6) is 0. The van der Waals surface area contributed by atoms with Crippen LogP contribution in [0.5, 0.6) is 0 Å². The van der Waals surface area contributed by atoms with E-state index in [4.69, 9.17) is 0 Å². The lowest BCUT2D eigenvalue weighted by molar-refractivity contribution is -0.123. The van der Waals surface area contributed by atoms with Crippen LogP contribution in [0.4, 0.5) is 0 Å². The summed E-state index contributed by atoms with van der Waals surface area (Å²) in [5.41, 5.74) is 0. The fourth-order valence-corrected chi connectivity index (χ4v) is 1.47. The summed E-state index contributed by atoms with van der Waals surface area (Å²) in [6.07, 6.45) is 0.953. The molecule has 3 nitrogen and oxygen atoms in total. The summed E-state index contributed by atoms with van der Waals surface area (Å²) in [6.45, 7) is 6.07. The van der Waals surface area contributed by atoms with Gasteiger partial charge < -0.3 is 4.90 Å². The summed E-state index contributed by atoms with van der Waals surface area (Å²) < 4.78 is 0. The van der Waals surface area contributed by atoms with Gasteiger partial charge in [-0.2, -0.15) is 0 Å². The van der Waals surface area contributed by atoms with Gasteiger partial charge in [-0.15, -0.1) is 0 Å². The van der Waals surface area contributed by atoms with Crippen LogP contribution in [0.25, 0.3) is 0 Å². The molecule has 1 rings (SSSR count). The van der Waals surface area contributed by atoms with Gasteiger partial charge in [-0.05, 0) is 20.9 Å². The van der Waals surface area contributed by atoms with Gasteiger partial charge in [0.15, 0.2) is 0 Å². The van der Waals surface area contributed by atoms with Gasteiger partial charge in [0.25, 0.3) is 0 Å². The Hall–Kier alpha value is -0.570. The number of amides is 1. The third-order valence-electron chi connectivity index (χ3n) is 2.48. The Balaban J connectivity index is 2.54. The molecule has 0 spiro atoms. The average Bonchev–Trinajstić information content (AvgIpc) is 1.97. The normalized spacial score (nSPS) is 33.9. The lowest BCUT2D eigenvalue weighted by Crippen LogP contribution is -2.54. The van der Waals surface area contributed by atoms with Gasteiger partial charge in [-0.3, -0.25) is 9.69 Å². The maximum Gasteiger partial charge on any atom is 0.210 e. The van der Waals surface area contributed by atoms with E-state index in [2.05, 4.69) is 25.8 Å². The average molecular weight is 156 g/mol. The first-order valence-electron chi connectivity index (χ1n) is 4.06. The highest BCUT2D eigenvalue weighted by atomic mass is 16.1. The Morgan fingerprint density at radius 3 is 2.45 bits per heavy atom. The minimum absolute atomic E-state index is 0.369. The number of nitrogens with zero attached hydrogens (tertiary/aromatic N) is 2. The van der Waals surface area contributed by atoms with E-state index >= 15 is 0 Å². The molecule has 0 aromatic rings. The Kier molecular flexibility index (Phi) is 2.49. The minimum atomic E-state index is 0.369. The van der Waals surface area contributed by atoms with Crippen LogP contribution in [0.3, 0.4) is 0 Å². The molecule has 0 aromatic heterocycles. The SMILES string of the molecule is C[C@@H]1CN(C=O)[C@@H](C)CN1C. The van der Waals surface area contributed by atoms with E-state index in [0.29, 0.717) is 12.1 Å². The number of hydrogen-bond acceptors (Lipinski definition) is 2. The first-order chi connectivity index (χ1) is 5.15. The zero-order valence-corrected chi connectivity index (χ0v) is 7.45. The summed E-state index contributed by atoms with van der Waals surface area (Å²) in [6, 6.07) is 0.866. The summed E-state index contributed by atoms with van der Waals surface area (Å²) in [5, 5.41) is 0. The predicted octanol–water partition coefficient (Wildman–Crippen LogP) is 0.167. The van der Waals surface area contributed by atoms with Crippen molar-refractivity contribution in [2.24, 2.45) is 0 Å². The largest absolute Gasteiger partial charge is 0.340 e. The topological polar surface area (TPSA) is 23.6 Å². The van der Waals surface area contributed by atoms with E-state index in [1.165, 1.54) is 0 Å². The first kappa shape index (κ1) is 8.53. The number of likely N-dealkylation sites (N-methyl/N-ethyl adjacent to an activating group) is 1. The fraction of sp³-hybridized carbons (Fsp3) is 0.875. The van der Waals surface area contributed by atoms with Crippen LogP contribution in [0.15, 0.2) is 0 Å². The summed E-state index contributed by atoms with van der Waals surface area (Å²) in [4.78, 5) is 14.7. The van der Waals surface area contributed by atoms with Gasteiger partial charge in [0.1, 0.15) is 0 Å². The van der Waals surface area contributed by atoms with Crippen molar-refractivity contribution in [3.05, 3.63) is 0 Å². The van der Waals surface area contributed by atoms with Crippen molar-refractivity contribution in [2.75, 3.05) is 20.1 Å². The summed E-state index contributed by atoms with van der Waals surface area (Å²) in [7, 11) is 2.10. The molecule has 1 amide bonds. The predicted molar refractivity (Wildman–Crippen MR) is 44.3 cm³/mol. The van der Waals surface area contributed by atoms with E-state index in [1.54, 1.807) is 0 Å². The number of rotatable bonds is 1. The van der Waals surface area contributed by atoms with Crippen molar-refractivity contribution in [3.63, 3.8) is 0 Å². The monoisotopic (exact) mass is 156 g/mol. The molecule has 3 heteroatoms. The molecule has 1 fully saturated rings. The fourth-order valence-electron chi connectivity index (χ4n) is 1.47. The van der Waals surface area contributed by atoms with Crippen molar-refractivity contribution in [3.8, 4) is 0 Å². The molecule has 64 valence electrons. The molecule has 11 heavy (non-hydrogen) atoms. The molecule has 0 bridgehead atoms. The molecule has 0 saturated carbocycles. The highest BCUT2D eigenvalue weighted by Crippen LogP contribution is 2.10. The molecular weight excluding hydrogens is 140 g/mol. The molecule has 1 aliphatic heterocycles. The van der Waals surface area contributed by atoms with Crippen LogP contribution in [-0.4, -0.2) is 48.4 Å². The van der Waals surface area contributed by atoms with Gasteiger partial charge in [0.05, 0.1) is 0 Å². The second kappa shape index (κ2) is 3.22. The number of piperazine rings is 1. The van der Waals surface area contributed by atoms with Crippen LogP contribution in [-0.2, 0) is 4.79 Å². The molecule has 0 aliphatic carbocycles. The Labute approximate surface area is 68.0 Å². The molecule has 1 aliphatic rings.